The second kappa shape index (κ2) is 6.45. The van der Waals surface area contributed by atoms with E-state index in [0.717, 1.165) is 0 Å². The minimum atomic E-state index is -0.787. The molecule has 0 fully saturated rings. The number of halogens is 2. The fourth-order valence-electron chi connectivity index (χ4n) is 2.35. The number of esters is 1. The maximum absolute atomic E-state index is 13.5. The summed E-state index contributed by atoms with van der Waals surface area (Å²) in [5.74, 6) is -2.08. The Bertz CT molecular complexity index is 945. The van der Waals surface area contributed by atoms with Gasteiger partial charge in [-0.3, -0.25) is 4.79 Å². The summed E-state index contributed by atoms with van der Waals surface area (Å²) in [6.45, 7) is 1.12. The summed E-state index contributed by atoms with van der Waals surface area (Å²) in [6.07, 6.45) is 0. The Morgan fingerprint density at radius 3 is 2.71 bits per heavy atom. The first-order valence-electron chi connectivity index (χ1n) is 7.11. The van der Waals surface area contributed by atoms with Crippen LogP contribution in [0, 0.1) is 12.7 Å². The molecule has 6 heteroatoms. The van der Waals surface area contributed by atoms with Crippen LogP contribution in [0.4, 0.5) is 4.39 Å². The predicted molar refractivity (Wildman–Crippen MR) is 87.0 cm³/mol. The first-order chi connectivity index (χ1) is 11.5. The van der Waals surface area contributed by atoms with Crippen LogP contribution >= 0.6 is 11.6 Å². The predicted octanol–water partition coefficient (Wildman–Crippen LogP) is 4.57. The van der Waals surface area contributed by atoms with Crippen LogP contribution in [0.2, 0.25) is 5.02 Å². The van der Waals surface area contributed by atoms with E-state index in [-0.39, 0.29) is 11.3 Å². The Morgan fingerprint density at radius 1 is 1.21 bits per heavy atom. The summed E-state index contributed by atoms with van der Waals surface area (Å²) in [7, 11) is 0. The van der Waals surface area contributed by atoms with Crippen molar-refractivity contribution in [3.8, 4) is 0 Å². The van der Waals surface area contributed by atoms with Crippen molar-refractivity contribution in [3.05, 3.63) is 70.2 Å². The third-order valence-corrected chi connectivity index (χ3v) is 3.83. The summed E-state index contributed by atoms with van der Waals surface area (Å²) in [6, 6.07) is 10.5. The normalized spacial score (nSPS) is 10.8. The number of rotatable bonds is 4. The molecule has 2 aromatic carbocycles. The Morgan fingerprint density at radius 2 is 1.96 bits per heavy atom. The maximum Gasteiger partial charge on any atom is 0.375 e. The molecule has 0 spiro atoms. The highest BCUT2D eigenvalue weighted by molar-refractivity contribution is 6.31. The number of carbonyl (C=O) groups excluding carboxylic acids is 2. The molecule has 0 N–H and O–H groups in total. The van der Waals surface area contributed by atoms with Gasteiger partial charge >= 0.3 is 5.97 Å². The lowest BCUT2D eigenvalue weighted by Gasteiger charge is -2.04. The van der Waals surface area contributed by atoms with Crippen LogP contribution in [-0.4, -0.2) is 18.4 Å². The second-order valence-electron chi connectivity index (χ2n) is 5.18. The van der Waals surface area contributed by atoms with Crippen LogP contribution in [0.15, 0.2) is 46.9 Å². The molecule has 122 valence electrons. The average Bonchev–Trinajstić information content (AvgIpc) is 2.89. The molecule has 3 rings (SSSR count). The van der Waals surface area contributed by atoms with Crippen LogP contribution in [0.25, 0.3) is 11.0 Å². The van der Waals surface area contributed by atoms with Gasteiger partial charge in [-0.1, -0.05) is 23.7 Å². The Balaban J connectivity index is 1.77. The quantitative estimate of drug-likeness (QED) is 0.513. The molecule has 0 aliphatic carbocycles. The SMILES string of the molecule is Cc1c(C(=O)OCC(=O)c2ccccc2F)oc2ccc(Cl)cc12. The van der Waals surface area contributed by atoms with Crippen LogP contribution < -0.4 is 0 Å². The number of Topliss-reactive ketones (excluding diaryl/α,β-unsaturated/α-hetero) is 1. The Labute approximate surface area is 141 Å². The first kappa shape index (κ1) is 16.2. The van der Waals surface area contributed by atoms with Gasteiger partial charge in [0.1, 0.15) is 11.4 Å². The van der Waals surface area contributed by atoms with Crippen LogP contribution in [0.3, 0.4) is 0 Å². The molecule has 0 aliphatic rings. The molecule has 0 amide bonds. The van der Waals surface area contributed by atoms with Gasteiger partial charge in [0, 0.05) is 16.0 Å². The number of fused-ring (bicyclic) bond motifs is 1. The number of ether oxygens (including phenoxy) is 1. The molecule has 0 saturated carbocycles. The second-order valence-corrected chi connectivity index (χ2v) is 5.61. The minimum absolute atomic E-state index is 0.00593. The zero-order valence-electron chi connectivity index (χ0n) is 12.6. The molecule has 0 radical (unpaired) electrons. The van der Waals surface area contributed by atoms with E-state index in [1.165, 1.54) is 24.3 Å². The van der Waals surface area contributed by atoms with Gasteiger partial charge in [-0.2, -0.15) is 0 Å². The molecule has 0 atom stereocenters. The number of benzene rings is 2. The monoisotopic (exact) mass is 346 g/mol. The van der Waals surface area contributed by atoms with Gasteiger partial charge in [0.2, 0.25) is 11.5 Å². The zero-order valence-corrected chi connectivity index (χ0v) is 13.4. The number of carbonyl (C=O) groups is 2. The first-order valence-corrected chi connectivity index (χ1v) is 7.48. The van der Waals surface area contributed by atoms with Gasteiger partial charge in [-0.15, -0.1) is 0 Å². The van der Waals surface area contributed by atoms with Crippen molar-refractivity contribution >= 4 is 34.3 Å². The van der Waals surface area contributed by atoms with Crippen molar-refractivity contribution in [3.63, 3.8) is 0 Å². The fraction of sp³-hybridized carbons (Fsp3) is 0.111. The smallest absolute Gasteiger partial charge is 0.375 e. The zero-order chi connectivity index (χ0) is 17.3. The highest BCUT2D eigenvalue weighted by Crippen LogP contribution is 2.28. The molecule has 3 aromatic rings. The number of aryl methyl sites for hydroxylation is 1. The third kappa shape index (κ3) is 3.03. The average molecular weight is 347 g/mol. The highest BCUT2D eigenvalue weighted by atomic mass is 35.5. The molecule has 0 unspecified atom stereocenters. The number of furan rings is 1. The largest absolute Gasteiger partial charge is 0.451 e. The Hall–Kier alpha value is -2.66. The lowest BCUT2D eigenvalue weighted by atomic mass is 10.1. The van der Waals surface area contributed by atoms with E-state index in [2.05, 4.69) is 0 Å². The third-order valence-electron chi connectivity index (χ3n) is 3.59. The van der Waals surface area contributed by atoms with Crippen molar-refractivity contribution < 1.29 is 23.1 Å². The lowest BCUT2D eigenvalue weighted by molar-refractivity contribution is 0.0444. The van der Waals surface area contributed by atoms with E-state index in [1.54, 1.807) is 25.1 Å². The molecular weight excluding hydrogens is 335 g/mol. The number of ketones is 1. The van der Waals surface area contributed by atoms with Crippen molar-refractivity contribution in [2.24, 2.45) is 0 Å². The molecule has 4 nitrogen and oxygen atoms in total. The van der Waals surface area contributed by atoms with E-state index >= 15 is 0 Å². The van der Waals surface area contributed by atoms with Crippen molar-refractivity contribution in [2.45, 2.75) is 6.92 Å². The van der Waals surface area contributed by atoms with Crippen molar-refractivity contribution in [1.82, 2.24) is 0 Å². The summed E-state index contributed by atoms with van der Waals surface area (Å²) < 4.78 is 24.0. The van der Waals surface area contributed by atoms with Crippen molar-refractivity contribution in [2.75, 3.05) is 6.61 Å². The maximum atomic E-state index is 13.5. The molecule has 24 heavy (non-hydrogen) atoms. The van der Waals surface area contributed by atoms with Crippen molar-refractivity contribution in [1.29, 1.82) is 0 Å². The van der Waals surface area contributed by atoms with Gasteiger partial charge in [0.05, 0.1) is 5.56 Å². The fourth-order valence-corrected chi connectivity index (χ4v) is 2.52. The number of hydrogen-bond acceptors (Lipinski definition) is 4. The van der Waals surface area contributed by atoms with Crippen LogP contribution in [0.5, 0.6) is 0 Å². The summed E-state index contributed by atoms with van der Waals surface area (Å²) >= 11 is 5.93. The van der Waals surface area contributed by atoms with Crippen LogP contribution in [0.1, 0.15) is 26.5 Å². The molecule has 0 saturated heterocycles. The molecule has 0 bridgehead atoms. The molecular formula is C18H12ClFO4. The summed E-state index contributed by atoms with van der Waals surface area (Å²) in [5.41, 5.74) is 0.929. The molecule has 0 aliphatic heterocycles. The van der Waals surface area contributed by atoms with E-state index in [1.807, 2.05) is 0 Å². The lowest BCUT2D eigenvalue weighted by Crippen LogP contribution is -2.15. The van der Waals surface area contributed by atoms with E-state index in [4.69, 9.17) is 20.8 Å². The Kier molecular flexibility index (Phi) is 4.36. The standard InChI is InChI=1S/C18H12ClFO4/c1-10-13-8-11(19)6-7-16(13)24-17(10)18(22)23-9-15(21)12-4-2-3-5-14(12)20/h2-8H,9H2,1H3. The van der Waals surface area contributed by atoms with Gasteiger partial charge in [-0.25, -0.2) is 9.18 Å². The minimum Gasteiger partial charge on any atom is -0.451 e. The highest BCUT2D eigenvalue weighted by Gasteiger charge is 2.21. The summed E-state index contributed by atoms with van der Waals surface area (Å²) in [4.78, 5) is 24.1. The van der Waals surface area contributed by atoms with E-state index < -0.39 is 24.2 Å². The van der Waals surface area contributed by atoms with Gasteiger partial charge in [0.15, 0.2) is 6.61 Å². The number of hydrogen-bond donors (Lipinski definition) is 0. The van der Waals surface area contributed by atoms with E-state index in [9.17, 15) is 14.0 Å². The molecule has 1 heterocycles. The van der Waals surface area contributed by atoms with E-state index in [0.29, 0.717) is 21.6 Å². The van der Waals surface area contributed by atoms with Gasteiger partial charge < -0.3 is 9.15 Å². The topological polar surface area (TPSA) is 56.5 Å². The molecule has 1 aromatic heterocycles. The van der Waals surface area contributed by atoms with Gasteiger partial charge in [-0.05, 0) is 37.3 Å². The van der Waals surface area contributed by atoms with Gasteiger partial charge in [0.25, 0.3) is 0 Å². The summed E-state index contributed by atoms with van der Waals surface area (Å²) in [5, 5.41) is 1.20. The van der Waals surface area contributed by atoms with Crippen LogP contribution in [-0.2, 0) is 4.74 Å².